The maximum absolute atomic E-state index is 3.72. The van der Waals surface area contributed by atoms with Crippen molar-refractivity contribution >= 4 is 0 Å². The molecule has 2 atom stereocenters. The van der Waals surface area contributed by atoms with E-state index < -0.39 is 0 Å². The third-order valence-electron chi connectivity index (χ3n) is 4.24. The number of hydrogen-bond donors (Lipinski definition) is 1. The third kappa shape index (κ3) is 8.58. The van der Waals surface area contributed by atoms with E-state index in [1.54, 1.807) is 0 Å². The Balaban J connectivity index is 2.02. The minimum Gasteiger partial charge on any atom is -0.313 e. The Morgan fingerprint density at radius 2 is 1.75 bits per heavy atom. The molecule has 1 fully saturated rings. The predicted molar refractivity (Wildman–Crippen MR) is 91.1 cm³/mol. The molecule has 1 N–H and O–H groups in total. The Bertz CT molecular complexity index is 259. The lowest BCUT2D eigenvalue weighted by molar-refractivity contribution is 0.337. The highest BCUT2D eigenvalue weighted by molar-refractivity contribution is 4.93. The minimum absolute atomic E-state index is 0.756. The number of allylic oxidation sites excluding steroid dienone is 3. The topological polar surface area (TPSA) is 12.0 Å². The van der Waals surface area contributed by atoms with Gasteiger partial charge in [0.2, 0.25) is 0 Å². The number of hydrogen-bond acceptors (Lipinski definition) is 1. The van der Waals surface area contributed by atoms with Crippen molar-refractivity contribution in [2.24, 2.45) is 5.92 Å². The van der Waals surface area contributed by atoms with Gasteiger partial charge in [-0.2, -0.15) is 0 Å². The van der Waals surface area contributed by atoms with Gasteiger partial charge < -0.3 is 5.32 Å². The van der Waals surface area contributed by atoms with Crippen LogP contribution in [0.2, 0.25) is 0 Å². The monoisotopic (exact) mass is 277 g/mol. The van der Waals surface area contributed by atoms with Gasteiger partial charge in [-0.3, -0.25) is 0 Å². The molecule has 20 heavy (non-hydrogen) atoms. The number of piperidine rings is 1. The van der Waals surface area contributed by atoms with Crippen molar-refractivity contribution in [1.29, 1.82) is 0 Å². The third-order valence-corrected chi connectivity index (χ3v) is 4.24. The molecule has 0 bridgehead atoms. The van der Waals surface area contributed by atoms with Crippen molar-refractivity contribution in [3.8, 4) is 0 Å². The molecule has 1 heterocycles. The smallest absolute Gasteiger partial charge is 0.00704 e. The van der Waals surface area contributed by atoms with Gasteiger partial charge in [0.1, 0.15) is 0 Å². The molecule has 2 unspecified atom stereocenters. The van der Waals surface area contributed by atoms with Gasteiger partial charge in [-0.1, -0.05) is 57.4 Å². The lowest BCUT2D eigenvalue weighted by Crippen LogP contribution is -2.38. The van der Waals surface area contributed by atoms with Crippen LogP contribution in [-0.2, 0) is 0 Å². The van der Waals surface area contributed by atoms with E-state index in [4.69, 9.17) is 0 Å². The molecule has 0 radical (unpaired) electrons. The van der Waals surface area contributed by atoms with Crippen molar-refractivity contribution in [2.75, 3.05) is 6.54 Å². The van der Waals surface area contributed by atoms with Crippen LogP contribution in [0, 0.1) is 5.92 Å². The molecule has 1 heteroatoms. The van der Waals surface area contributed by atoms with Gasteiger partial charge in [-0.25, -0.2) is 0 Å². The van der Waals surface area contributed by atoms with E-state index in [0.717, 1.165) is 12.0 Å². The van der Waals surface area contributed by atoms with Gasteiger partial charge in [0, 0.05) is 12.6 Å². The van der Waals surface area contributed by atoms with Crippen LogP contribution >= 0.6 is 0 Å². The van der Waals surface area contributed by atoms with Crippen LogP contribution in [0.4, 0.5) is 0 Å². The summed E-state index contributed by atoms with van der Waals surface area (Å²) in [5, 5.41) is 3.72. The normalized spacial score (nSPS) is 23.9. The largest absolute Gasteiger partial charge is 0.313 e. The van der Waals surface area contributed by atoms with Crippen molar-refractivity contribution in [3.05, 3.63) is 24.3 Å². The van der Waals surface area contributed by atoms with E-state index in [1.807, 2.05) is 0 Å². The summed E-state index contributed by atoms with van der Waals surface area (Å²) in [5.41, 5.74) is 0. The molecular weight excluding hydrogens is 242 g/mol. The Morgan fingerprint density at radius 1 is 0.900 bits per heavy atom. The Hall–Kier alpha value is -0.560. The Kier molecular flexibility index (Phi) is 10.7. The average molecular weight is 277 g/mol. The zero-order valence-corrected chi connectivity index (χ0v) is 13.7. The second-order valence-corrected chi connectivity index (χ2v) is 6.20. The zero-order chi connectivity index (χ0) is 14.5. The van der Waals surface area contributed by atoms with Crippen molar-refractivity contribution in [3.63, 3.8) is 0 Å². The first-order valence-electron chi connectivity index (χ1n) is 8.91. The average Bonchev–Trinajstić information content (AvgIpc) is 2.48. The number of unbranched alkanes of at least 4 members (excludes halogenated alkanes) is 4. The van der Waals surface area contributed by atoms with Gasteiger partial charge in [0.05, 0.1) is 0 Å². The molecule has 0 aliphatic carbocycles. The molecule has 0 saturated carbocycles. The Labute approximate surface area is 126 Å². The zero-order valence-electron chi connectivity index (χ0n) is 13.7. The molecule has 1 rings (SSSR count). The molecule has 1 saturated heterocycles. The molecular formula is C19H35N. The fourth-order valence-corrected chi connectivity index (χ4v) is 2.85. The highest BCUT2D eigenvalue weighted by Crippen LogP contribution is 2.19. The van der Waals surface area contributed by atoms with E-state index in [9.17, 15) is 0 Å². The van der Waals surface area contributed by atoms with E-state index in [0.29, 0.717) is 0 Å². The van der Waals surface area contributed by atoms with Crippen molar-refractivity contribution < 1.29 is 0 Å². The predicted octanol–water partition coefficient (Wildman–Crippen LogP) is 5.63. The van der Waals surface area contributed by atoms with Gasteiger partial charge >= 0.3 is 0 Å². The SMILES string of the molecule is CCC/C=C/C1CCC(CC/C=C/CCCCC)NC1. The fraction of sp³-hybridized carbons (Fsp3) is 0.789. The maximum Gasteiger partial charge on any atom is 0.00704 e. The minimum atomic E-state index is 0.756. The Morgan fingerprint density at radius 3 is 2.45 bits per heavy atom. The summed E-state index contributed by atoms with van der Waals surface area (Å²) in [6.45, 7) is 5.70. The molecule has 0 aromatic carbocycles. The maximum atomic E-state index is 3.72. The van der Waals surface area contributed by atoms with Crippen molar-refractivity contribution in [2.45, 2.75) is 84.1 Å². The standard InChI is InChI=1S/C19H35N/c1-3-5-7-8-9-10-12-14-19-16-15-18(17-20-19)13-11-6-4-2/h9-11,13,18-20H,3-8,12,14-17H2,1-2H3/b10-9+,13-11+. The molecule has 1 aliphatic rings. The van der Waals surface area contributed by atoms with Crippen LogP contribution in [0.25, 0.3) is 0 Å². The first-order chi connectivity index (χ1) is 9.86. The summed E-state index contributed by atoms with van der Waals surface area (Å²) in [5.74, 6) is 0.780. The molecule has 0 aromatic heterocycles. The molecule has 0 amide bonds. The summed E-state index contributed by atoms with van der Waals surface area (Å²) < 4.78 is 0. The lowest BCUT2D eigenvalue weighted by Gasteiger charge is -2.28. The van der Waals surface area contributed by atoms with Gasteiger partial charge in [-0.15, -0.1) is 0 Å². The summed E-state index contributed by atoms with van der Waals surface area (Å²) >= 11 is 0. The van der Waals surface area contributed by atoms with Crippen LogP contribution in [0.5, 0.6) is 0 Å². The van der Waals surface area contributed by atoms with Crippen LogP contribution in [0.3, 0.4) is 0 Å². The first-order valence-corrected chi connectivity index (χ1v) is 8.91. The van der Waals surface area contributed by atoms with Gasteiger partial charge in [0.25, 0.3) is 0 Å². The summed E-state index contributed by atoms with van der Waals surface area (Å²) in [7, 11) is 0. The van der Waals surface area contributed by atoms with E-state index in [1.165, 1.54) is 70.8 Å². The quantitative estimate of drug-likeness (QED) is 0.403. The van der Waals surface area contributed by atoms with Crippen molar-refractivity contribution in [1.82, 2.24) is 5.32 Å². The first kappa shape index (κ1) is 17.5. The second kappa shape index (κ2) is 12.2. The van der Waals surface area contributed by atoms with Crippen LogP contribution < -0.4 is 5.32 Å². The van der Waals surface area contributed by atoms with Gasteiger partial charge in [0.15, 0.2) is 0 Å². The lowest BCUT2D eigenvalue weighted by atomic mass is 9.92. The number of nitrogens with one attached hydrogen (secondary N) is 1. The highest BCUT2D eigenvalue weighted by Gasteiger charge is 2.17. The second-order valence-electron chi connectivity index (χ2n) is 6.20. The summed E-state index contributed by atoms with van der Waals surface area (Å²) in [4.78, 5) is 0. The molecule has 1 nitrogen and oxygen atoms in total. The highest BCUT2D eigenvalue weighted by atomic mass is 14.9. The fourth-order valence-electron chi connectivity index (χ4n) is 2.85. The summed E-state index contributed by atoms with van der Waals surface area (Å²) in [6.07, 6.45) is 22.7. The summed E-state index contributed by atoms with van der Waals surface area (Å²) in [6, 6.07) is 0.756. The molecule has 116 valence electrons. The molecule has 0 spiro atoms. The van der Waals surface area contributed by atoms with E-state index in [-0.39, 0.29) is 0 Å². The van der Waals surface area contributed by atoms with E-state index >= 15 is 0 Å². The van der Waals surface area contributed by atoms with Crippen LogP contribution in [-0.4, -0.2) is 12.6 Å². The van der Waals surface area contributed by atoms with Crippen LogP contribution in [0.1, 0.15) is 78.1 Å². The van der Waals surface area contributed by atoms with Crippen LogP contribution in [0.15, 0.2) is 24.3 Å². The van der Waals surface area contributed by atoms with E-state index in [2.05, 4.69) is 43.5 Å². The number of rotatable bonds is 10. The molecule has 0 aromatic rings. The molecule has 1 aliphatic heterocycles. The van der Waals surface area contributed by atoms with Gasteiger partial charge in [-0.05, 0) is 50.9 Å².